The number of rotatable bonds is 6. The SMILES string of the molecule is CCN(CCN)C(=O)CCc1ccccc1. The number of hydrogen-bond acceptors (Lipinski definition) is 2. The number of hydrogen-bond donors (Lipinski definition) is 1. The van der Waals surface area contributed by atoms with Gasteiger partial charge < -0.3 is 10.6 Å². The van der Waals surface area contributed by atoms with E-state index in [1.807, 2.05) is 42.2 Å². The highest BCUT2D eigenvalue weighted by molar-refractivity contribution is 5.76. The summed E-state index contributed by atoms with van der Waals surface area (Å²) in [4.78, 5) is 13.6. The molecule has 0 radical (unpaired) electrons. The van der Waals surface area contributed by atoms with E-state index in [-0.39, 0.29) is 5.91 Å². The van der Waals surface area contributed by atoms with Crippen LogP contribution in [0.1, 0.15) is 18.9 Å². The standard InChI is InChI=1S/C13H20N2O/c1-2-15(11-10-14)13(16)9-8-12-6-4-3-5-7-12/h3-7H,2,8-11,14H2,1H3. The Hall–Kier alpha value is -1.35. The van der Waals surface area contributed by atoms with Gasteiger partial charge in [-0.2, -0.15) is 0 Å². The van der Waals surface area contributed by atoms with Crippen molar-refractivity contribution < 1.29 is 4.79 Å². The van der Waals surface area contributed by atoms with Gasteiger partial charge >= 0.3 is 0 Å². The van der Waals surface area contributed by atoms with Crippen molar-refractivity contribution in [3.8, 4) is 0 Å². The molecule has 0 atom stereocenters. The summed E-state index contributed by atoms with van der Waals surface area (Å²) in [5.74, 6) is 0.191. The van der Waals surface area contributed by atoms with Gasteiger partial charge in [-0.25, -0.2) is 0 Å². The van der Waals surface area contributed by atoms with Crippen LogP contribution >= 0.6 is 0 Å². The molecule has 1 amide bonds. The van der Waals surface area contributed by atoms with E-state index in [1.54, 1.807) is 0 Å². The number of nitrogens with zero attached hydrogens (tertiary/aromatic N) is 1. The number of benzene rings is 1. The lowest BCUT2D eigenvalue weighted by atomic mass is 10.1. The van der Waals surface area contributed by atoms with Crippen molar-refractivity contribution in [3.05, 3.63) is 35.9 Å². The molecular weight excluding hydrogens is 200 g/mol. The minimum atomic E-state index is 0.191. The third-order valence-electron chi connectivity index (χ3n) is 2.60. The second kappa shape index (κ2) is 7.01. The van der Waals surface area contributed by atoms with Crippen LogP contribution in [0.3, 0.4) is 0 Å². The summed E-state index contributed by atoms with van der Waals surface area (Å²) < 4.78 is 0. The lowest BCUT2D eigenvalue weighted by Gasteiger charge is -2.19. The second-order valence-electron chi connectivity index (χ2n) is 3.75. The van der Waals surface area contributed by atoms with Crippen LogP contribution in [0.15, 0.2) is 30.3 Å². The van der Waals surface area contributed by atoms with E-state index in [4.69, 9.17) is 5.73 Å². The maximum atomic E-state index is 11.8. The molecule has 0 saturated heterocycles. The molecule has 0 saturated carbocycles. The summed E-state index contributed by atoms with van der Waals surface area (Å²) in [6.07, 6.45) is 1.37. The van der Waals surface area contributed by atoms with Crippen molar-refractivity contribution in [3.63, 3.8) is 0 Å². The zero-order valence-corrected chi connectivity index (χ0v) is 9.86. The molecule has 0 bridgehead atoms. The van der Waals surface area contributed by atoms with Crippen LogP contribution in [0.25, 0.3) is 0 Å². The fraction of sp³-hybridized carbons (Fsp3) is 0.462. The third-order valence-corrected chi connectivity index (χ3v) is 2.60. The fourth-order valence-electron chi connectivity index (χ4n) is 1.67. The molecule has 3 nitrogen and oxygen atoms in total. The lowest BCUT2D eigenvalue weighted by molar-refractivity contribution is -0.130. The lowest BCUT2D eigenvalue weighted by Crippen LogP contribution is -2.35. The molecule has 0 aliphatic rings. The second-order valence-corrected chi connectivity index (χ2v) is 3.75. The normalized spacial score (nSPS) is 10.1. The first-order valence-corrected chi connectivity index (χ1v) is 5.79. The van der Waals surface area contributed by atoms with Gasteiger partial charge in [-0.3, -0.25) is 4.79 Å². The van der Waals surface area contributed by atoms with Gasteiger partial charge in [-0.05, 0) is 18.9 Å². The Kier molecular flexibility index (Phi) is 5.57. The first-order valence-electron chi connectivity index (χ1n) is 5.79. The van der Waals surface area contributed by atoms with Gasteiger partial charge in [-0.1, -0.05) is 30.3 Å². The summed E-state index contributed by atoms with van der Waals surface area (Å²) in [7, 11) is 0. The summed E-state index contributed by atoms with van der Waals surface area (Å²) in [5.41, 5.74) is 6.66. The van der Waals surface area contributed by atoms with E-state index in [1.165, 1.54) is 5.56 Å². The van der Waals surface area contributed by atoms with Crippen LogP contribution < -0.4 is 5.73 Å². The monoisotopic (exact) mass is 220 g/mol. The Bertz CT molecular complexity index is 311. The van der Waals surface area contributed by atoms with Crippen LogP contribution in [-0.4, -0.2) is 30.4 Å². The topological polar surface area (TPSA) is 46.3 Å². The van der Waals surface area contributed by atoms with Gasteiger partial charge in [0.15, 0.2) is 0 Å². The molecule has 0 spiro atoms. The van der Waals surface area contributed by atoms with Crippen LogP contribution in [0.2, 0.25) is 0 Å². The first-order chi connectivity index (χ1) is 7.77. The average Bonchev–Trinajstić information content (AvgIpc) is 2.34. The van der Waals surface area contributed by atoms with Crippen LogP contribution in [0.5, 0.6) is 0 Å². The number of aryl methyl sites for hydroxylation is 1. The Morgan fingerprint density at radius 3 is 2.56 bits per heavy atom. The molecule has 0 heterocycles. The minimum Gasteiger partial charge on any atom is -0.342 e. The van der Waals surface area contributed by atoms with E-state index in [9.17, 15) is 4.79 Å². The Balaban J connectivity index is 2.40. The van der Waals surface area contributed by atoms with E-state index < -0.39 is 0 Å². The summed E-state index contributed by atoms with van der Waals surface area (Å²) in [5, 5.41) is 0. The van der Waals surface area contributed by atoms with Crippen LogP contribution in [0, 0.1) is 0 Å². The molecule has 0 aliphatic heterocycles. The van der Waals surface area contributed by atoms with Gasteiger partial charge in [0, 0.05) is 26.1 Å². The van der Waals surface area contributed by atoms with E-state index in [0.717, 1.165) is 13.0 Å². The van der Waals surface area contributed by atoms with E-state index in [2.05, 4.69) is 0 Å². The molecule has 0 aromatic heterocycles. The van der Waals surface area contributed by atoms with Crippen molar-refractivity contribution in [2.75, 3.05) is 19.6 Å². The van der Waals surface area contributed by atoms with Crippen molar-refractivity contribution in [2.45, 2.75) is 19.8 Å². The molecule has 0 unspecified atom stereocenters. The average molecular weight is 220 g/mol. The predicted molar refractivity (Wildman–Crippen MR) is 66.1 cm³/mol. The van der Waals surface area contributed by atoms with Crippen LogP contribution in [0.4, 0.5) is 0 Å². The summed E-state index contributed by atoms with van der Waals surface area (Å²) >= 11 is 0. The predicted octanol–water partition coefficient (Wildman–Crippen LogP) is 1.43. The van der Waals surface area contributed by atoms with E-state index >= 15 is 0 Å². The van der Waals surface area contributed by atoms with Gasteiger partial charge in [0.25, 0.3) is 0 Å². The van der Waals surface area contributed by atoms with Crippen LogP contribution in [-0.2, 0) is 11.2 Å². The maximum Gasteiger partial charge on any atom is 0.222 e. The Morgan fingerprint density at radius 2 is 2.00 bits per heavy atom. The third kappa shape index (κ3) is 4.03. The molecule has 2 N–H and O–H groups in total. The highest BCUT2D eigenvalue weighted by Gasteiger charge is 2.09. The van der Waals surface area contributed by atoms with Gasteiger partial charge in [0.05, 0.1) is 0 Å². The molecule has 0 fully saturated rings. The first kappa shape index (κ1) is 12.7. The molecule has 16 heavy (non-hydrogen) atoms. The zero-order valence-electron chi connectivity index (χ0n) is 9.86. The number of carbonyl (C=O) groups is 1. The molecule has 0 aliphatic carbocycles. The van der Waals surface area contributed by atoms with E-state index in [0.29, 0.717) is 19.5 Å². The smallest absolute Gasteiger partial charge is 0.222 e. The molecule has 88 valence electrons. The zero-order chi connectivity index (χ0) is 11.8. The van der Waals surface area contributed by atoms with Crippen molar-refractivity contribution >= 4 is 5.91 Å². The van der Waals surface area contributed by atoms with Crippen molar-refractivity contribution in [2.24, 2.45) is 5.73 Å². The maximum absolute atomic E-state index is 11.8. The number of likely N-dealkylation sites (N-methyl/N-ethyl adjacent to an activating group) is 1. The van der Waals surface area contributed by atoms with Gasteiger partial charge in [0.1, 0.15) is 0 Å². The van der Waals surface area contributed by atoms with Crippen molar-refractivity contribution in [1.29, 1.82) is 0 Å². The van der Waals surface area contributed by atoms with Crippen molar-refractivity contribution in [1.82, 2.24) is 4.90 Å². The number of amides is 1. The molecular formula is C13H20N2O. The summed E-state index contributed by atoms with van der Waals surface area (Å²) in [6, 6.07) is 10.1. The molecule has 1 aromatic rings. The fourth-order valence-corrected chi connectivity index (χ4v) is 1.67. The number of carbonyl (C=O) groups excluding carboxylic acids is 1. The van der Waals surface area contributed by atoms with Gasteiger partial charge in [-0.15, -0.1) is 0 Å². The highest BCUT2D eigenvalue weighted by Crippen LogP contribution is 2.04. The largest absolute Gasteiger partial charge is 0.342 e. The quantitative estimate of drug-likeness (QED) is 0.788. The highest BCUT2D eigenvalue weighted by atomic mass is 16.2. The minimum absolute atomic E-state index is 0.191. The Labute approximate surface area is 97.2 Å². The summed E-state index contributed by atoms with van der Waals surface area (Å²) in [6.45, 7) is 3.91. The Morgan fingerprint density at radius 1 is 1.31 bits per heavy atom. The van der Waals surface area contributed by atoms with Gasteiger partial charge in [0.2, 0.25) is 5.91 Å². The molecule has 3 heteroatoms. The number of nitrogens with two attached hydrogens (primary N) is 1. The molecule has 1 rings (SSSR count). The molecule has 1 aromatic carbocycles.